The van der Waals surface area contributed by atoms with E-state index in [0.29, 0.717) is 0 Å². The third-order valence-corrected chi connectivity index (χ3v) is 12.6. The Morgan fingerprint density at radius 1 is 0.456 bits per heavy atom. The molecule has 0 aliphatic heterocycles. The first kappa shape index (κ1) is 37.0. The van der Waals surface area contributed by atoms with Crippen molar-refractivity contribution in [3.05, 3.63) is 166 Å². The molecule has 2 nitrogen and oxygen atoms in total. The average Bonchev–Trinajstić information content (AvgIpc) is 3.57. The highest BCUT2D eigenvalue weighted by Gasteiger charge is 2.38. The van der Waals surface area contributed by atoms with Crippen LogP contribution in [0.4, 0.5) is 17.1 Å². The van der Waals surface area contributed by atoms with Gasteiger partial charge in [-0.15, -0.1) is 0 Å². The van der Waals surface area contributed by atoms with Gasteiger partial charge in [0.25, 0.3) is 0 Å². The summed E-state index contributed by atoms with van der Waals surface area (Å²) in [5, 5.41) is 5.21. The van der Waals surface area contributed by atoms with Gasteiger partial charge < -0.3 is 9.47 Å². The maximum atomic E-state index is 2.55. The molecule has 286 valence electrons. The summed E-state index contributed by atoms with van der Waals surface area (Å²) in [5.41, 5.74) is 20.4. The lowest BCUT2D eigenvalue weighted by atomic mass is 9.81. The van der Waals surface area contributed by atoms with Gasteiger partial charge >= 0.3 is 0 Å². The summed E-state index contributed by atoms with van der Waals surface area (Å²) in [6, 6.07) is 47.0. The molecule has 9 rings (SSSR count). The largest absolute Gasteiger partial charge is 0.310 e. The fraction of sp³-hybridized carbons (Fsp3) is 0.273. The predicted molar refractivity (Wildman–Crippen MR) is 247 cm³/mol. The smallest absolute Gasteiger partial charge is 0.0544 e. The predicted octanol–water partition coefficient (Wildman–Crippen LogP) is 15.5. The van der Waals surface area contributed by atoms with Gasteiger partial charge in [0.1, 0.15) is 0 Å². The molecule has 2 heteroatoms. The Kier molecular flexibility index (Phi) is 8.25. The molecule has 1 heterocycles. The van der Waals surface area contributed by atoms with Crippen molar-refractivity contribution >= 4 is 49.6 Å². The molecule has 0 saturated carbocycles. The number of fused-ring (bicyclic) bond motifs is 8. The molecule has 0 saturated heterocycles. The minimum Gasteiger partial charge on any atom is -0.310 e. The van der Waals surface area contributed by atoms with Crippen LogP contribution < -0.4 is 4.90 Å². The van der Waals surface area contributed by atoms with Gasteiger partial charge in [0.15, 0.2) is 0 Å². The third kappa shape index (κ3) is 5.99. The van der Waals surface area contributed by atoms with Crippen LogP contribution in [0.2, 0.25) is 0 Å². The van der Waals surface area contributed by atoms with E-state index in [4.69, 9.17) is 0 Å². The molecule has 0 radical (unpaired) electrons. The molecule has 0 atom stereocenters. The molecule has 0 amide bonds. The van der Waals surface area contributed by atoms with E-state index in [1.807, 2.05) is 0 Å². The zero-order valence-electron chi connectivity index (χ0n) is 35.9. The SMILES string of the molecule is Cc1cc(C)cc(N(c2cc(C)cc(C)c2)c2ccc3c(c2)C(C)(C)c2cc(-n4c5ccc(C(C)(C)C)cc5c5cc(C(C)(C)C)ccc54)c4ccccc4c2-3)c1. The van der Waals surface area contributed by atoms with Crippen LogP contribution in [0.25, 0.3) is 49.4 Å². The van der Waals surface area contributed by atoms with E-state index >= 15 is 0 Å². The first-order valence-corrected chi connectivity index (χ1v) is 20.7. The van der Waals surface area contributed by atoms with Crippen LogP contribution in [0.1, 0.15) is 99.9 Å². The molecule has 57 heavy (non-hydrogen) atoms. The van der Waals surface area contributed by atoms with Crippen LogP contribution in [0.3, 0.4) is 0 Å². The summed E-state index contributed by atoms with van der Waals surface area (Å²) >= 11 is 0. The second kappa shape index (κ2) is 12.7. The molecule has 1 aliphatic carbocycles. The van der Waals surface area contributed by atoms with Gasteiger partial charge in [-0.2, -0.15) is 0 Å². The van der Waals surface area contributed by atoms with Crippen LogP contribution in [-0.2, 0) is 16.2 Å². The summed E-state index contributed by atoms with van der Waals surface area (Å²) in [5.74, 6) is 0. The molecule has 8 aromatic rings. The van der Waals surface area contributed by atoms with Crippen molar-refractivity contribution in [1.29, 1.82) is 0 Å². The third-order valence-electron chi connectivity index (χ3n) is 12.6. The summed E-state index contributed by atoms with van der Waals surface area (Å²) in [6.07, 6.45) is 0. The molecular weight excluding hydrogens is 689 g/mol. The Hall–Kier alpha value is -5.60. The molecule has 0 fully saturated rings. The highest BCUT2D eigenvalue weighted by molar-refractivity contribution is 6.13. The molecule has 0 bridgehead atoms. The minimum atomic E-state index is -0.242. The van der Waals surface area contributed by atoms with Crippen LogP contribution in [-0.4, -0.2) is 4.57 Å². The van der Waals surface area contributed by atoms with Crippen molar-refractivity contribution < 1.29 is 0 Å². The molecule has 0 N–H and O–H groups in total. The lowest BCUT2D eigenvalue weighted by Gasteiger charge is -2.29. The van der Waals surface area contributed by atoms with Gasteiger partial charge in [-0.25, -0.2) is 0 Å². The number of aryl methyl sites for hydroxylation is 4. The highest BCUT2D eigenvalue weighted by Crippen LogP contribution is 2.54. The van der Waals surface area contributed by atoms with E-state index in [1.165, 1.54) is 111 Å². The minimum absolute atomic E-state index is 0.0467. The first-order chi connectivity index (χ1) is 26.9. The zero-order chi connectivity index (χ0) is 40.3. The van der Waals surface area contributed by atoms with Crippen molar-refractivity contribution in [3.8, 4) is 16.8 Å². The number of rotatable bonds is 4. The van der Waals surface area contributed by atoms with Crippen molar-refractivity contribution in [1.82, 2.24) is 4.57 Å². The summed E-state index contributed by atoms with van der Waals surface area (Å²) in [6.45, 7) is 27.5. The Morgan fingerprint density at radius 3 is 1.44 bits per heavy atom. The fourth-order valence-electron chi connectivity index (χ4n) is 9.70. The van der Waals surface area contributed by atoms with Gasteiger partial charge in [0.2, 0.25) is 0 Å². The fourth-order valence-corrected chi connectivity index (χ4v) is 9.70. The van der Waals surface area contributed by atoms with E-state index < -0.39 is 0 Å². The van der Waals surface area contributed by atoms with E-state index in [1.54, 1.807) is 0 Å². The van der Waals surface area contributed by atoms with Crippen LogP contribution in [0, 0.1) is 27.7 Å². The van der Waals surface area contributed by atoms with Gasteiger partial charge in [0, 0.05) is 38.6 Å². The Labute approximate surface area is 339 Å². The normalized spacial score (nSPS) is 13.8. The standard InChI is InChI=1S/C55H56N2/c1-33-23-34(2)26-40(25-33)56(41-27-35(3)24-36(4)28-41)39-19-20-44-47(31-39)55(11,12)48-32-51(42-15-13-14-16-43(42)52(44)48)57-49-21-17-37(53(5,6)7)29-45(49)46-30-38(54(8,9)10)18-22-50(46)57/h13-32H,1-12H3. The molecular formula is C55H56N2. The molecule has 0 spiro atoms. The van der Waals surface area contributed by atoms with Gasteiger partial charge in [-0.05, 0) is 166 Å². The lowest BCUT2D eigenvalue weighted by molar-refractivity contribution is 0.590. The number of hydrogen-bond donors (Lipinski definition) is 0. The van der Waals surface area contributed by atoms with Crippen molar-refractivity contribution in [3.63, 3.8) is 0 Å². The number of aromatic nitrogens is 1. The lowest BCUT2D eigenvalue weighted by Crippen LogP contribution is -2.17. The quantitative estimate of drug-likeness (QED) is 0.174. The molecule has 1 aromatic heterocycles. The molecule has 1 aliphatic rings. The van der Waals surface area contributed by atoms with Crippen molar-refractivity contribution in [2.24, 2.45) is 0 Å². The number of hydrogen-bond acceptors (Lipinski definition) is 1. The highest BCUT2D eigenvalue weighted by atomic mass is 15.1. The molecule has 0 unspecified atom stereocenters. The van der Waals surface area contributed by atoms with Crippen LogP contribution in [0.15, 0.2) is 121 Å². The number of benzene rings is 7. The summed E-state index contributed by atoms with van der Waals surface area (Å²) in [4.78, 5) is 2.46. The van der Waals surface area contributed by atoms with E-state index in [9.17, 15) is 0 Å². The van der Waals surface area contributed by atoms with Gasteiger partial charge in [-0.1, -0.05) is 110 Å². The number of nitrogens with zero attached hydrogens (tertiary/aromatic N) is 2. The van der Waals surface area contributed by atoms with Gasteiger partial charge in [0.05, 0.1) is 16.7 Å². The zero-order valence-corrected chi connectivity index (χ0v) is 35.9. The second-order valence-corrected chi connectivity index (χ2v) is 19.5. The maximum Gasteiger partial charge on any atom is 0.0544 e. The van der Waals surface area contributed by atoms with Gasteiger partial charge in [-0.3, -0.25) is 0 Å². The summed E-state index contributed by atoms with van der Waals surface area (Å²) < 4.78 is 2.55. The Bertz CT molecular complexity index is 2770. The average molecular weight is 745 g/mol. The Balaban J connectivity index is 1.29. The number of anilines is 3. The van der Waals surface area contributed by atoms with E-state index in [2.05, 4.69) is 214 Å². The molecule has 7 aromatic carbocycles. The topological polar surface area (TPSA) is 8.17 Å². The Morgan fingerprint density at radius 2 is 0.947 bits per heavy atom. The van der Waals surface area contributed by atoms with E-state index in [-0.39, 0.29) is 16.2 Å². The van der Waals surface area contributed by atoms with Crippen molar-refractivity contribution in [2.75, 3.05) is 4.90 Å². The van der Waals surface area contributed by atoms with Crippen LogP contribution >= 0.6 is 0 Å². The van der Waals surface area contributed by atoms with Crippen molar-refractivity contribution in [2.45, 2.75) is 99.3 Å². The maximum absolute atomic E-state index is 2.55. The monoisotopic (exact) mass is 744 g/mol. The first-order valence-electron chi connectivity index (χ1n) is 20.7. The summed E-state index contributed by atoms with van der Waals surface area (Å²) in [7, 11) is 0. The van der Waals surface area contributed by atoms with E-state index in [0.717, 1.165) is 0 Å². The van der Waals surface area contributed by atoms with Crippen LogP contribution in [0.5, 0.6) is 0 Å². The second-order valence-electron chi connectivity index (χ2n) is 19.5.